The molecule has 0 radical (unpaired) electrons. The number of carbonyl (C=O) groups excluding carboxylic acids is 1. The first kappa shape index (κ1) is 7.88. The number of anilines is 1. The minimum atomic E-state index is -0.468. The van der Waals surface area contributed by atoms with Crippen LogP contribution in [0, 0.1) is 0 Å². The van der Waals surface area contributed by atoms with E-state index in [9.17, 15) is 4.79 Å². The largest absolute Gasteiger partial charge is 0.326 e. The van der Waals surface area contributed by atoms with Gasteiger partial charge in [0.15, 0.2) is 0 Å². The van der Waals surface area contributed by atoms with Gasteiger partial charge in [-0.2, -0.15) is 0 Å². The highest BCUT2D eigenvalue weighted by molar-refractivity contribution is 5.90. The Hall–Kier alpha value is -1.35. The van der Waals surface area contributed by atoms with E-state index in [1.807, 2.05) is 20.8 Å². The van der Waals surface area contributed by atoms with Gasteiger partial charge in [0, 0.05) is 18.2 Å². The first-order valence-corrected chi connectivity index (χ1v) is 5.85. The zero-order chi connectivity index (χ0) is 17.0. The molecule has 1 atom stereocenters. The van der Waals surface area contributed by atoms with Gasteiger partial charge >= 0.3 is 0 Å². The van der Waals surface area contributed by atoms with Crippen molar-refractivity contribution >= 4 is 11.6 Å². The smallest absolute Gasteiger partial charge is 0.225 e. The molecule has 17 heavy (non-hydrogen) atoms. The summed E-state index contributed by atoms with van der Waals surface area (Å²) in [6.07, 6.45) is 0.198. The number of hydrogen-bond donors (Lipinski definition) is 1. The summed E-state index contributed by atoms with van der Waals surface area (Å²) in [7, 11) is 0. The van der Waals surface area contributed by atoms with Crippen molar-refractivity contribution in [2.24, 2.45) is 0 Å². The molecule has 0 saturated heterocycles. The Kier molecular flexibility index (Phi) is 3.28. The van der Waals surface area contributed by atoms with Gasteiger partial charge < -0.3 is 10.2 Å². The number of rotatable bonds is 6. The first-order chi connectivity index (χ1) is 10.2. The van der Waals surface area contributed by atoms with E-state index in [0.29, 0.717) is 0 Å². The average Bonchev–Trinajstić information content (AvgIpc) is 2.48. The van der Waals surface area contributed by atoms with Crippen LogP contribution in [0.4, 0.5) is 5.69 Å². The highest BCUT2D eigenvalue weighted by Crippen LogP contribution is 2.08. The lowest BCUT2D eigenvalue weighted by molar-refractivity contribution is -0.117. The van der Waals surface area contributed by atoms with E-state index in [0.717, 1.165) is 13.1 Å². The Morgan fingerprint density at radius 3 is 2.47 bits per heavy atom. The predicted molar refractivity (Wildman–Crippen MR) is 72.1 cm³/mol. The minimum absolute atomic E-state index is 0.0137. The molecule has 0 aliphatic carbocycles. The fourth-order valence-corrected chi connectivity index (χ4v) is 1.75. The molecular formula is C14H22N2O. The molecule has 1 rings (SSSR count). The Bertz CT molecular complexity index is 532. The van der Waals surface area contributed by atoms with Crippen molar-refractivity contribution < 1.29 is 11.6 Å². The van der Waals surface area contributed by atoms with Crippen LogP contribution in [-0.2, 0) is 4.79 Å². The van der Waals surface area contributed by atoms with Gasteiger partial charge in [-0.15, -0.1) is 0 Å². The Labute approximate surface area is 111 Å². The van der Waals surface area contributed by atoms with E-state index in [2.05, 4.69) is 10.2 Å². The van der Waals surface area contributed by atoms with Gasteiger partial charge in [0.05, 0.1) is 6.85 Å². The van der Waals surface area contributed by atoms with Crippen molar-refractivity contribution in [2.45, 2.75) is 33.2 Å². The molecule has 0 saturated carbocycles. The van der Waals surface area contributed by atoms with Gasteiger partial charge in [0.25, 0.3) is 0 Å². The van der Waals surface area contributed by atoms with Crippen molar-refractivity contribution in [3.63, 3.8) is 0 Å². The summed E-state index contributed by atoms with van der Waals surface area (Å²) in [5.41, 5.74) is -0.164. The highest BCUT2D eigenvalue weighted by Gasteiger charge is 2.14. The van der Waals surface area contributed by atoms with Crippen LogP contribution in [0.25, 0.3) is 0 Å². The van der Waals surface area contributed by atoms with Crippen LogP contribution in [0.5, 0.6) is 0 Å². The summed E-state index contributed by atoms with van der Waals surface area (Å²) < 4.78 is 38.2. The molecule has 0 heterocycles. The maximum absolute atomic E-state index is 12.1. The minimum Gasteiger partial charge on any atom is -0.326 e. The lowest BCUT2D eigenvalue weighted by Crippen LogP contribution is -2.35. The number of benzene rings is 1. The Morgan fingerprint density at radius 2 is 1.94 bits per heavy atom. The van der Waals surface area contributed by atoms with Crippen molar-refractivity contribution in [1.29, 1.82) is 0 Å². The van der Waals surface area contributed by atoms with Gasteiger partial charge in [-0.25, -0.2) is 0 Å². The number of nitrogens with zero attached hydrogens (tertiary/aromatic N) is 1. The van der Waals surface area contributed by atoms with Crippen molar-refractivity contribution in [2.75, 3.05) is 18.4 Å². The SMILES string of the molecule is [2H]c1c([2H])c([2H])c(NC(=O)CC(C)N(CC)CC)c([2H])c1[2H]. The van der Waals surface area contributed by atoms with Gasteiger partial charge in [-0.1, -0.05) is 32.0 Å². The normalized spacial score (nSPS) is 16.6. The quantitative estimate of drug-likeness (QED) is 0.828. The molecule has 1 amide bonds. The molecule has 94 valence electrons. The fraction of sp³-hybridized carbons (Fsp3) is 0.500. The second-order valence-electron chi connectivity index (χ2n) is 3.82. The monoisotopic (exact) mass is 239 g/mol. The zero-order valence-electron chi connectivity index (χ0n) is 15.6. The van der Waals surface area contributed by atoms with Gasteiger partial charge in [0.1, 0.15) is 0 Å². The van der Waals surface area contributed by atoms with Crippen LogP contribution in [-0.4, -0.2) is 29.9 Å². The van der Waals surface area contributed by atoms with E-state index < -0.39 is 30.2 Å². The molecule has 0 aliphatic rings. The Balaban J connectivity index is 2.94. The number of nitrogens with one attached hydrogen (secondary N) is 1. The van der Waals surface area contributed by atoms with Crippen molar-refractivity contribution in [1.82, 2.24) is 4.90 Å². The van der Waals surface area contributed by atoms with Crippen LogP contribution < -0.4 is 5.32 Å². The van der Waals surface area contributed by atoms with Gasteiger partial charge in [-0.3, -0.25) is 4.79 Å². The molecule has 0 bridgehead atoms. The highest BCUT2D eigenvalue weighted by atomic mass is 16.1. The molecule has 3 nitrogen and oxygen atoms in total. The van der Waals surface area contributed by atoms with Gasteiger partial charge in [0.2, 0.25) is 5.91 Å². The fourth-order valence-electron chi connectivity index (χ4n) is 1.75. The number of carbonyl (C=O) groups is 1. The molecular weight excluding hydrogens is 212 g/mol. The van der Waals surface area contributed by atoms with E-state index in [4.69, 9.17) is 6.85 Å². The maximum atomic E-state index is 12.1. The summed E-state index contributed by atoms with van der Waals surface area (Å²) in [6.45, 7) is 7.58. The van der Waals surface area contributed by atoms with E-state index in [-0.39, 0.29) is 24.1 Å². The lowest BCUT2D eigenvalue weighted by atomic mass is 10.2. The molecule has 1 aromatic carbocycles. The first-order valence-electron chi connectivity index (χ1n) is 8.35. The summed E-state index contributed by atoms with van der Waals surface area (Å²) in [5, 5.41) is 2.46. The predicted octanol–water partition coefficient (Wildman–Crippen LogP) is 2.75. The standard InChI is InChI=1S/C14H22N2O/c1-4-16(5-2)12(3)11-14(17)15-13-9-7-6-8-10-13/h6-10,12H,4-5,11H2,1-3H3,(H,15,17)/i6D,7D,8D,9D,10D. The van der Waals surface area contributed by atoms with Crippen molar-refractivity contribution in [3.05, 3.63) is 30.2 Å². The summed E-state index contributed by atoms with van der Waals surface area (Å²) in [4.78, 5) is 14.2. The summed E-state index contributed by atoms with van der Waals surface area (Å²) in [5.74, 6) is -0.363. The van der Waals surface area contributed by atoms with Crippen molar-refractivity contribution in [3.8, 4) is 0 Å². The van der Waals surface area contributed by atoms with Crippen LogP contribution in [0.1, 0.15) is 34.0 Å². The van der Waals surface area contributed by atoms with Crippen LogP contribution in [0.15, 0.2) is 30.2 Å². The van der Waals surface area contributed by atoms with Crippen LogP contribution >= 0.6 is 0 Å². The third-order valence-electron chi connectivity index (χ3n) is 2.68. The third-order valence-corrected chi connectivity index (χ3v) is 2.68. The molecule has 3 heteroatoms. The zero-order valence-corrected chi connectivity index (χ0v) is 10.6. The summed E-state index contributed by atoms with van der Waals surface area (Å²) >= 11 is 0. The molecule has 0 aliphatic heterocycles. The molecule has 1 N–H and O–H groups in total. The van der Waals surface area contributed by atoms with Crippen LogP contribution in [0.2, 0.25) is 0 Å². The second-order valence-corrected chi connectivity index (χ2v) is 3.82. The average molecular weight is 239 g/mol. The lowest BCUT2D eigenvalue weighted by Gasteiger charge is -2.25. The van der Waals surface area contributed by atoms with E-state index >= 15 is 0 Å². The third kappa shape index (κ3) is 4.57. The number of hydrogen-bond acceptors (Lipinski definition) is 2. The van der Waals surface area contributed by atoms with E-state index in [1.165, 1.54) is 0 Å². The molecule has 0 spiro atoms. The topological polar surface area (TPSA) is 32.3 Å². The Morgan fingerprint density at radius 1 is 1.35 bits per heavy atom. The maximum Gasteiger partial charge on any atom is 0.225 e. The molecule has 0 aromatic heterocycles. The summed E-state index contributed by atoms with van der Waals surface area (Å²) in [6, 6.07) is -2.14. The number of para-hydroxylation sites is 1. The molecule has 1 unspecified atom stereocenters. The van der Waals surface area contributed by atoms with Crippen LogP contribution in [0.3, 0.4) is 0 Å². The molecule has 0 fully saturated rings. The van der Waals surface area contributed by atoms with E-state index in [1.54, 1.807) is 0 Å². The molecule has 1 aromatic rings. The second kappa shape index (κ2) is 7.07. The van der Waals surface area contributed by atoms with Gasteiger partial charge in [-0.05, 0) is 32.1 Å². The number of amides is 1.